The first kappa shape index (κ1) is 18.3. The predicted octanol–water partition coefficient (Wildman–Crippen LogP) is 3.57. The molecule has 1 aromatic carbocycles. The van der Waals surface area contributed by atoms with Crippen molar-refractivity contribution >= 4 is 12.1 Å². The monoisotopic (exact) mass is 335 g/mol. The second-order valence-electron chi connectivity index (χ2n) is 7.41. The molecule has 1 aliphatic rings. The fraction of sp³-hybridized carbons (Fsp3) is 0.556. The van der Waals surface area contributed by atoms with E-state index < -0.39 is 35.5 Å². The summed E-state index contributed by atoms with van der Waals surface area (Å²) in [6.07, 6.45) is -1.36. The highest BCUT2D eigenvalue weighted by Crippen LogP contribution is 2.43. The molecular weight excluding hydrogens is 310 g/mol. The summed E-state index contributed by atoms with van der Waals surface area (Å²) < 4.78 is 11.4. The first-order chi connectivity index (χ1) is 11.0. The molecule has 0 radical (unpaired) electrons. The number of nitrogens with zero attached hydrogens (tertiary/aromatic N) is 1. The number of aliphatic carboxylic acids is 1. The van der Waals surface area contributed by atoms with Gasteiger partial charge in [-0.3, -0.25) is 9.69 Å². The van der Waals surface area contributed by atoms with E-state index in [0.29, 0.717) is 0 Å². The molecule has 1 heterocycles. The summed E-state index contributed by atoms with van der Waals surface area (Å²) in [6.45, 7) is 8.87. The van der Waals surface area contributed by atoms with E-state index in [4.69, 9.17) is 9.47 Å². The van der Waals surface area contributed by atoms with E-state index in [1.54, 1.807) is 34.6 Å². The van der Waals surface area contributed by atoms with Crippen LogP contribution < -0.4 is 0 Å². The molecule has 6 heteroatoms. The molecule has 1 N–H and O–H groups in total. The molecule has 0 aliphatic carbocycles. The molecule has 1 fully saturated rings. The lowest BCUT2D eigenvalue weighted by atomic mass is 9.98. The lowest BCUT2D eigenvalue weighted by molar-refractivity contribution is -0.141. The van der Waals surface area contributed by atoms with Crippen LogP contribution in [0.1, 0.15) is 52.6 Å². The Morgan fingerprint density at radius 1 is 1.25 bits per heavy atom. The maximum absolute atomic E-state index is 12.8. The Morgan fingerprint density at radius 3 is 2.33 bits per heavy atom. The number of carbonyl (C=O) groups is 2. The molecule has 2 rings (SSSR count). The normalized spacial score (nSPS) is 23.1. The second kappa shape index (κ2) is 6.43. The Hall–Kier alpha value is -2.08. The fourth-order valence-corrected chi connectivity index (χ4v) is 2.98. The number of carbonyl (C=O) groups excluding carboxylic acids is 1. The number of carboxylic acids is 1. The van der Waals surface area contributed by atoms with Gasteiger partial charge in [-0.05, 0) is 40.2 Å². The molecule has 1 aromatic rings. The summed E-state index contributed by atoms with van der Waals surface area (Å²) in [5.41, 5.74) is -0.803. The topological polar surface area (TPSA) is 76.1 Å². The Bertz CT molecular complexity index is 606. The van der Waals surface area contributed by atoms with E-state index in [9.17, 15) is 14.7 Å². The largest absolute Gasteiger partial charge is 0.481 e. The molecule has 1 saturated heterocycles. The minimum atomic E-state index is -0.970. The van der Waals surface area contributed by atoms with Gasteiger partial charge in [0, 0.05) is 0 Å². The second-order valence-corrected chi connectivity index (χ2v) is 7.41. The zero-order chi connectivity index (χ0) is 18.1. The van der Waals surface area contributed by atoms with E-state index in [1.165, 1.54) is 4.90 Å². The molecular formula is C18H25NO5. The fourth-order valence-electron chi connectivity index (χ4n) is 2.98. The van der Waals surface area contributed by atoms with Gasteiger partial charge in [0.05, 0.1) is 18.6 Å². The van der Waals surface area contributed by atoms with Crippen LogP contribution >= 0.6 is 0 Å². The van der Waals surface area contributed by atoms with Crippen LogP contribution in [0, 0.1) is 0 Å². The highest BCUT2D eigenvalue weighted by atomic mass is 16.6. The van der Waals surface area contributed by atoms with E-state index in [-0.39, 0.29) is 6.42 Å². The van der Waals surface area contributed by atoms with Crippen molar-refractivity contribution < 1.29 is 24.2 Å². The Labute approximate surface area is 142 Å². The number of carboxylic acid groups (broad SMARTS) is 1. The van der Waals surface area contributed by atoms with Crippen molar-refractivity contribution in [2.24, 2.45) is 0 Å². The van der Waals surface area contributed by atoms with Crippen LogP contribution in [0.4, 0.5) is 4.79 Å². The third-order valence-corrected chi connectivity index (χ3v) is 3.76. The summed E-state index contributed by atoms with van der Waals surface area (Å²) in [7, 11) is 0. The van der Waals surface area contributed by atoms with Gasteiger partial charge in [-0.25, -0.2) is 4.79 Å². The zero-order valence-corrected chi connectivity index (χ0v) is 14.8. The summed E-state index contributed by atoms with van der Waals surface area (Å²) in [6, 6.07) is 8.78. The first-order valence-electron chi connectivity index (χ1n) is 7.98. The van der Waals surface area contributed by atoms with Crippen LogP contribution in [0.2, 0.25) is 0 Å². The van der Waals surface area contributed by atoms with Crippen molar-refractivity contribution in [3.8, 4) is 0 Å². The number of benzene rings is 1. The van der Waals surface area contributed by atoms with Crippen molar-refractivity contribution in [3.63, 3.8) is 0 Å². The van der Waals surface area contributed by atoms with Gasteiger partial charge in [0.2, 0.25) is 0 Å². The standard InChI is InChI=1S/C18H25NO5/c1-17(2,3)24-16(22)19-15(12-9-7-6-8-10-12)13(11-14(20)21)23-18(19,4)5/h6-10,13,15H,11H2,1-5H3,(H,20,21)/t13-,15+/m0/s1. The molecule has 24 heavy (non-hydrogen) atoms. The average Bonchev–Trinajstić information content (AvgIpc) is 2.67. The molecule has 0 spiro atoms. The van der Waals surface area contributed by atoms with Gasteiger partial charge in [-0.2, -0.15) is 0 Å². The Balaban J connectivity index is 2.43. The van der Waals surface area contributed by atoms with Gasteiger partial charge in [0.25, 0.3) is 0 Å². The minimum absolute atomic E-state index is 0.192. The molecule has 132 valence electrons. The Morgan fingerprint density at radius 2 is 1.83 bits per heavy atom. The summed E-state index contributed by atoms with van der Waals surface area (Å²) >= 11 is 0. The van der Waals surface area contributed by atoms with Crippen LogP contribution in [-0.4, -0.2) is 39.5 Å². The van der Waals surface area contributed by atoms with Crippen molar-refractivity contribution in [1.82, 2.24) is 4.90 Å². The summed E-state index contributed by atoms with van der Waals surface area (Å²) in [4.78, 5) is 25.5. The third-order valence-electron chi connectivity index (χ3n) is 3.76. The third kappa shape index (κ3) is 4.06. The highest BCUT2D eigenvalue weighted by molar-refractivity contribution is 5.71. The Kier molecular flexibility index (Phi) is 4.90. The number of amides is 1. The molecule has 0 saturated carbocycles. The zero-order valence-electron chi connectivity index (χ0n) is 14.8. The number of hydrogen-bond donors (Lipinski definition) is 1. The average molecular weight is 335 g/mol. The highest BCUT2D eigenvalue weighted by Gasteiger charge is 2.52. The van der Waals surface area contributed by atoms with Gasteiger partial charge < -0.3 is 14.6 Å². The molecule has 1 amide bonds. The van der Waals surface area contributed by atoms with Gasteiger partial charge in [0.15, 0.2) is 0 Å². The lowest BCUT2D eigenvalue weighted by Gasteiger charge is -2.35. The summed E-state index contributed by atoms with van der Waals surface area (Å²) in [5.74, 6) is -0.970. The van der Waals surface area contributed by atoms with Gasteiger partial charge in [-0.15, -0.1) is 0 Å². The van der Waals surface area contributed by atoms with Crippen LogP contribution in [0.3, 0.4) is 0 Å². The molecule has 0 unspecified atom stereocenters. The van der Waals surface area contributed by atoms with Crippen molar-refractivity contribution in [2.75, 3.05) is 0 Å². The molecule has 2 atom stereocenters. The van der Waals surface area contributed by atoms with E-state index in [0.717, 1.165) is 5.56 Å². The number of ether oxygens (including phenoxy) is 2. The van der Waals surface area contributed by atoms with Crippen molar-refractivity contribution in [1.29, 1.82) is 0 Å². The predicted molar refractivity (Wildman–Crippen MR) is 88.5 cm³/mol. The van der Waals surface area contributed by atoms with Crippen LogP contribution in [0.15, 0.2) is 30.3 Å². The molecule has 6 nitrogen and oxygen atoms in total. The summed E-state index contributed by atoms with van der Waals surface area (Å²) in [5, 5.41) is 9.21. The maximum Gasteiger partial charge on any atom is 0.413 e. The van der Waals surface area contributed by atoms with Crippen LogP contribution in [-0.2, 0) is 14.3 Å². The van der Waals surface area contributed by atoms with Crippen molar-refractivity contribution in [3.05, 3.63) is 35.9 Å². The maximum atomic E-state index is 12.8. The molecule has 0 aromatic heterocycles. The van der Waals surface area contributed by atoms with Crippen LogP contribution in [0.5, 0.6) is 0 Å². The lowest BCUT2D eigenvalue weighted by Crippen LogP contribution is -2.47. The molecule has 0 bridgehead atoms. The first-order valence-corrected chi connectivity index (χ1v) is 7.98. The van der Waals surface area contributed by atoms with Gasteiger partial charge in [0.1, 0.15) is 11.3 Å². The quantitative estimate of drug-likeness (QED) is 0.914. The SMILES string of the molecule is CC(C)(C)OC(=O)N1[C@H](c2ccccc2)[C@H](CC(=O)O)OC1(C)C. The van der Waals surface area contributed by atoms with E-state index in [2.05, 4.69) is 0 Å². The number of hydrogen-bond acceptors (Lipinski definition) is 4. The van der Waals surface area contributed by atoms with E-state index in [1.807, 2.05) is 30.3 Å². The van der Waals surface area contributed by atoms with Gasteiger partial charge in [-0.1, -0.05) is 30.3 Å². The number of rotatable bonds is 3. The van der Waals surface area contributed by atoms with Crippen molar-refractivity contribution in [2.45, 2.75) is 64.5 Å². The van der Waals surface area contributed by atoms with E-state index >= 15 is 0 Å². The van der Waals surface area contributed by atoms with Crippen LogP contribution in [0.25, 0.3) is 0 Å². The molecule has 1 aliphatic heterocycles. The smallest absolute Gasteiger partial charge is 0.413 e. The van der Waals surface area contributed by atoms with Gasteiger partial charge >= 0.3 is 12.1 Å². The minimum Gasteiger partial charge on any atom is -0.481 e.